The summed E-state index contributed by atoms with van der Waals surface area (Å²) in [7, 11) is 1.49. The van der Waals surface area contributed by atoms with Crippen molar-refractivity contribution < 1.29 is 37.3 Å². The highest BCUT2D eigenvalue weighted by Crippen LogP contribution is 2.38. The number of alkyl halides is 3. The van der Waals surface area contributed by atoms with Gasteiger partial charge in [-0.25, -0.2) is 0 Å². The van der Waals surface area contributed by atoms with Crippen LogP contribution in [0.2, 0.25) is 0 Å². The molecule has 9 heteroatoms. The molecular formula is C28H28F3NO5. The van der Waals surface area contributed by atoms with Crippen molar-refractivity contribution in [1.29, 1.82) is 0 Å². The summed E-state index contributed by atoms with van der Waals surface area (Å²) < 4.78 is 57.0. The van der Waals surface area contributed by atoms with Crippen molar-refractivity contribution in [2.75, 3.05) is 25.2 Å². The summed E-state index contributed by atoms with van der Waals surface area (Å²) in [5, 5.41) is 9.89. The summed E-state index contributed by atoms with van der Waals surface area (Å²) >= 11 is 0. The van der Waals surface area contributed by atoms with Gasteiger partial charge in [0, 0.05) is 24.7 Å². The first kappa shape index (κ1) is 26.3. The molecule has 0 spiro atoms. The third kappa shape index (κ3) is 6.17. The number of hydrogen-bond acceptors (Lipinski definition) is 5. The van der Waals surface area contributed by atoms with E-state index in [9.17, 15) is 23.1 Å². The topological polar surface area (TPSA) is 68.2 Å². The van der Waals surface area contributed by atoms with Gasteiger partial charge < -0.3 is 24.2 Å². The molecule has 6 nitrogen and oxygen atoms in total. The van der Waals surface area contributed by atoms with Crippen LogP contribution in [0.15, 0.2) is 66.7 Å². The highest BCUT2D eigenvalue weighted by atomic mass is 19.4. The molecule has 1 N–H and O–H groups in total. The van der Waals surface area contributed by atoms with Gasteiger partial charge in [-0.3, -0.25) is 4.79 Å². The molecule has 1 fully saturated rings. The maximum atomic E-state index is 13.4. The van der Waals surface area contributed by atoms with Crippen molar-refractivity contribution in [3.63, 3.8) is 0 Å². The van der Waals surface area contributed by atoms with Gasteiger partial charge in [0.1, 0.15) is 12.4 Å². The van der Waals surface area contributed by atoms with E-state index in [0.717, 1.165) is 6.07 Å². The van der Waals surface area contributed by atoms with Crippen LogP contribution in [0.1, 0.15) is 25.8 Å². The molecule has 0 aromatic heterocycles. The van der Waals surface area contributed by atoms with Crippen LogP contribution in [-0.2, 0) is 11.0 Å². The van der Waals surface area contributed by atoms with Crippen LogP contribution in [0.3, 0.4) is 0 Å². The fourth-order valence-electron chi connectivity index (χ4n) is 4.08. The standard InChI is InChI=1S/C28H28F3NO5/c1-27(2,34)17-36-23-13-10-19(16-25(23)35-3)32-15-14-24(26(32)33)37-20-11-8-18(9-12-20)21-6-4-5-7-22(21)28(29,30)31/h4-13,16,24,34H,14-15,17H2,1-3H3. The van der Waals surface area contributed by atoms with Crippen LogP contribution >= 0.6 is 0 Å². The first-order chi connectivity index (χ1) is 17.5. The Morgan fingerprint density at radius 1 is 1.00 bits per heavy atom. The maximum Gasteiger partial charge on any atom is 0.417 e. The number of ether oxygens (including phenoxy) is 3. The minimum atomic E-state index is -4.46. The van der Waals surface area contributed by atoms with Gasteiger partial charge in [0.15, 0.2) is 17.6 Å². The maximum absolute atomic E-state index is 13.4. The molecule has 1 saturated heterocycles. The summed E-state index contributed by atoms with van der Waals surface area (Å²) in [6, 6.07) is 16.7. The van der Waals surface area contributed by atoms with Gasteiger partial charge in [-0.05, 0) is 55.3 Å². The van der Waals surface area contributed by atoms with E-state index in [1.165, 1.54) is 19.2 Å². The van der Waals surface area contributed by atoms with Crippen LogP contribution in [0.25, 0.3) is 11.1 Å². The minimum absolute atomic E-state index is 0.0713. The third-order valence-corrected chi connectivity index (χ3v) is 5.87. The number of methoxy groups -OCH3 is 1. The molecule has 196 valence electrons. The van der Waals surface area contributed by atoms with E-state index in [2.05, 4.69) is 0 Å². The monoisotopic (exact) mass is 515 g/mol. The van der Waals surface area contributed by atoms with Crippen LogP contribution in [0.4, 0.5) is 18.9 Å². The average molecular weight is 516 g/mol. The first-order valence-corrected chi connectivity index (χ1v) is 11.7. The number of rotatable bonds is 8. The quantitative estimate of drug-likeness (QED) is 0.416. The lowest BCUT2D eigenvalue weighted by atomic mass is 9.99. The Hall–Kier alpha value is -3.72. The lowest BCUT2D eigenvalue weighted by molar-refractivity contribution is -0.137. The molecule has 37 heavy (non-hydrogen) atoms. The molecule has 1 amide bonds. The fourth-order valence-corrected chi connectivity index (χ4v) is 4.08. The Labute approximate surface area is 213 Å². The van der Waals surface area contributed by atoms with Crippen LogP contribution in [0.5, 0.6) is 17.2 Å². The van der Waals surface area contributed by atoms with Crippen LogP contribution in [-0.4, -0.2) is 43.0 Å². The Morgan fingerprint density at radius 2 is 1.70 bits per heavy atom. The lowest BCUT2D eigenvalue weighted by Crippen LogP contribution is -2.32. The summed E-state index contributed by atoms with van der Waals surface area (Å²) in [4.78, 5) is 14.7. The number of hydrogen-bond donors (Lipinski definition) is 1. The van der Waals surface area contributed by atoms with Crippen molar-refractivity contribution in [2.45, 2.75) is 38.1 Å². The Balaban J connectivity index is 1.45. The molecule has 3 aromatic rings. The molecule has 1 aliphatic rings. The molecule has 0 aliphatic carbocycles. The lowest BCUT2D eigenvalue weighted by Gasteiger charge is -2.21. The number of carbonyl (C=O) groups excluding carboxylic acids is 1. The summed E-state index contributed by atoms with van der Waals surface area (Å²) in [6.45, 7) is 3.76. The number of benzene rings is 3. The van der Waals surface area contributed by atoms with Crippen LogP contribution < -0.4 is 19.1 Å². The summed E-state index contributed by atoms with van der Waals surface area (Å²) in [5.74, 6) is 1.02. The second-order valence-corrected chi connectivity index (χ2v) is 9.39. The smallest absolute Gasteiger partial charge is 0.417 e. The van der Waals surface area contributed by atoms with E-state index in [-0.39, 0.29) is 18.1 Å². The van der Waals surface area contributed by atoms with Crippen molar-refractivity contribution in [1.82, 2.24) is 0 Å². The zero-order valence-electron chi connectivity index (χ0n) is 20.7. The Kier molecular flexibility index (Phi) is 7.36. The normalized spacial score (nSPS) is 16.1. The highest BCUT2D eigenvalue weighted by Gasteiger charge is 2.35. The van der Waals surface area contributed by atoms with E-state index in [1.54, 1.807) is 67.3 Å². The second-order valence-electron chi connectivity index (χ2n) is 9.39. The van der Waals surface area contributed by atoms with E-state index in [4.69, 9.17) is 14.2 Å². The van der Waals surface area contributed by atoms with E-state index >= 15 is 0 Å². The SMILES string of the molecule is COc1cc(N2CCC(Oc3ccc(-c4ccccc4C(F)(F)F)cc3)C2=O)ccc1OCC(C)(C)O. The molecule has 4 rings (SSSR count). The Bertz CT molecular complexity index is 1250. The van der Waals surface area contributed by atoms with Crippen molar-refractivity contribution in [3.05, 3.63) is 72.3 Å². The van der Waals surface area contributed by atoms with Crippen molar-refractivity contribution >= 4 is 11.6 Å². The van der Waals surface area contributed by atoms with Gasteiger partial charge >= 0.3 is 6.18 Å². The van der Waals surface area contributed by atoms with Gasteiger partial charge in [0.2, 0.25) is 0 Å². The Morgan fingerprint density at radius 3 is 2.35 bits per heavy atom. The van der Waals surface area contributed by atoms with E-state index in [1.807, 2.05) is 0 Å². The van der Waals surface area contributed by atoms with Gasteiger partial charge in [-0.2, -0.15) is 13.2 Å². The largest absolute Gasteiger partial charge is 0.493 e. The fraction of sp³-hybridized carbons (Fsp3) is 0.321. The summed E-state index contributed by atoms with van der Waals surface area (Å²) in [5.41, 5.74) is -0.633. The summed E-state index contributed by atoms with van der Waals surface area (Å²) in [6.07, 6.45) is -4.75. The number of nitrogens with zero attached hydrogens (tertiary/aromatic N) is 1. The molecule has 1 unspecified atom stereocenters. The molecule has 3 aromatic carbocycles. The number of carbonyl (C=O) groups is 1. The predicted octanol–water partition coefficient (Wildman–Crippen LogP) is 5.72. The number of anilines is 1. The molecule has 0 saturated carbocycles. The van der Waals surface area contributed by atoms with Crippen molar-refractivity contribution in [3.8, 4) is 28.4 Å². The molecule has 0 bridgehead atoms. The average Bonchev–Trinajstić information content (AvgIpc) is 3.22. The molecular weight excluding hydrogens is 487 g/mol. The molecule has 1 heterocycles. The van der Waals surface area contributed by atoms with Crippen molar-refractivity contribution in [2.24, 2.45) is 0 Å². The van der Waals surface area contributed by atoms with Gasteiger partial charge in [-0.1, -0.05) is 30.3 Å². The van der Waals surface area contributed by atoms with Crippen LogP contribution in [0, 0.1) is 0 Å². The van der Waals surface area contributed by atoms with Gasteiger partial charge in [0.25, 0.3) is 5.91 Å². The second kappa shape index (κ2) is 10.3. The number of halogens is 3. The number of aliphatic hydroxyl groups is 1. The highest BCUT2D eigenvalue weighted by molar-refractivity contribution is 5.99. The predicted molar refractivity (Wildman–Crippen MR) is 133 cm³/mol. The van der Waals surface area contributed by atoms with Gasteiger partial charge in [0.05, 0.1) is 18.3 Å². The van der Waals surface area contributed by atoms with Gasteiger partial charge in [-0.15, -0.1) is 0 Å². The minimum Gasteiger partial charge on any atom is -0.493 e. The zero-order chi connectivity index (χ0) is 26.8. The zero-order valence-corrected chi connectivity index (χ0v) is 20.7. The van der Waals surface area contributed by atoms with E-state index in [0.29, 0.717) is 41.5 Å². The molecule has 1 aliphatic heterocycles. The van der Waals surface area contributed by atoms with E-state index < -0.39 is 23.4 Å². The first-order valence-electron chi connectivity index (χ1n) is 11.7. The number of amides is 1. The molecule has 0 radical (unpaired) electrons. The third-order valence-electron chi connectivity index (χ3n) is 5.87. The molecule has 1 atom stereocenters.